The van der Waals surface area contributed by atoms with Crippen molar-refractivity contribution in [3.05, 3.63) is 18.1 Å². The molecule has 0 radical (unpaired) electrons. The molecule has 3 fully saturated rings. The standard InChI is InChI=1S/C12H15F3N4/c13-12(14,15)10-5-18-11(6-17-10)19-9-3-7-1-2-8(9)16-4-7/h5-9,16H,1-4H2,(H,18,19)/t7-,8+,9+/m1/s1. The molecule has 2 N–H and O–H groups in total. The highest BCUT2D eigenvalue weighted by molar-refractivity contribution is 5.34. The van der Waals surface area contributed by atoms with E-state index in [1.54, 1.807) is 0 Å². The zero-order valence-electron chi connectivity index (χ0n) is 10.2. The second-order valence-electron chi connectivity index (χ2n) is 5.23. The first-order chi connectivity index (χ1) is 9.02. The number of rotatable bonds is 2. The first kappa shape index (κ1) is 12.7. The third-order valence-electron chi connectivity index (χ3n) is 3.90. The van der Waals surface area contributed by atoms with E-state index < -0.39 is 11.9 Å². The van der Waals surface area contributed by atoms with Gasteiger partial charge in [0.25, 0.3) is 0 Å². The zero-order chi connectivity index (χ0) is 13.5. The molecule has 4 rings (SSSR count). The molecule has 0 aromatic carbocycles. The molecule has 4 nitrogen and oxygen atoms in total. The van der Waals surface area contributed by atoms with Crippen molar-refractivity contribution in [1.82, 2.24) is 15.3 Å². The molecule has 104 valence electrons. The lowest BCUT2D eigenvalue weighted by Gasteiger charge is -2.43. The summed E-state index contributed by atoms with van der Waals surface area (Å²) in [6, 6.07) is 0.618. The summed E-state index contributed by atoms with van der Waals surface area (Å²) in [4.78, 5) is 7.21. The van der Waals surface area contributed by atoms with Crippen molar-refractivity contribution >= 4 is 5.82 Å². The van der Waals surface area contributed by atoms with E-state index in [0.29, 0.717) is 17.8 Å². The Balaban J connectivity index is 1.67. The summed E-state index contributed by atoms with van der Waals surface area (Å²) in [7, 11) is 0. The first-order valence-electron chi connectivity index (χ1n) is 6.41. The van der Waals surface area contributed by atoms with Crippen molar-refractivity contribution in [1.29, 1.82) is 0 Å². The molecule has 19 heavy (non-hydrogen) atoms. The van der Waals surface area contributed by atoms with Gasteiger partial charge in [0.2, 0.25) is 0 Å². The Bertz CT molecular complexity index is 437. The van der Waals surface area contributed by atoms with Gasteiger partial charge < -0.3 is 10.6 Å². The molecule has 1 saturated carbocycles. The van der Waals surface area contributed by atoms with E-state index in [9.17, 15) is 13.2 Å². The van der Waals surface area contributed by atoms with Crippen molar-refractivity contribution < 1.29 is 13.2 Å². The van der Waals surface area contributed by atoms with E-state index in [1.807, 2.05) is 0 Å². The number of hydrogen-bond donors (Lipinski definition) is 2. The molecule has 0 spiro atoms. The van der Waals surface area contributed by atoms with Gasteiger partial charge in [-0.15, -0.1) is 0 Å². The number of halogens is 3. The Labute approximate surface area is 108 Å². The molecule has 3 aliphatic rings. The minimum Gasteiger partial charge on any atom is -0.364 e. The van der Waals surface area contributed by atoms with Gasteiger partial charge in [0.15, 0.2) is 5.69 Å². The van der Waals surface area contributed by atoms with Crippen LogP contribution in [0.15, 0.2) is 12.4 Å². The smallest absolute Gasteiger partial charge is 0.364 e. The third-order valence-corrected chi connectivity index (χ3v) is 3.90. The second-order valence-corrected chi connectivity index (χ2v) is 5.23. The average molecular weight is 272 g/mol. The lowest BCUT2D eigenvalue weighted by Crippen LogP contribution is -2.55. The maximum atomic E-state index is 12.4. The predicted octanol–water partition coefficient (Wildman–Crippen LogP) is 2.05. The van der Waals surface area contributed by atoms with Gasteiger partial charge in [0.1, 0.15) is 5.82 Å². The predicted molar refractivity (Wildman–Crippen MR) is 63.6 cm³/mol. The molecule has 3 atom stereocenters. The number of aromatic nitrogens is 2. The van der Waals surface area contributed by atoms with Crippen LogP contribution in [-0.2, 0) is 6.18 Å². The van der Waals surface area contributed by atoms with Crippen LogP contribution >= 0.6 is 0 Å². The van der Waals surface area contributed by atoms with Crippen LogP contribution in [0.2, 0.25) is 0 Å². The summed E-state index contributed by atoms with van der Waals surface area (Å²) in [6.45, 7) is 1.04. The fourth-order valence-corrected chi connectivity index (χ4v) is 2.90. The highest BCUT2D eigenvalue weighted by Gasteiger charge is 2.36. The lowest BCUT2D eigenvalue weighted by atomic mass is 9.78. The van der Waals surface area contributed by atoms with Crippen LogP contribution in [0.25, 0.3) is 0 Å². The zero-order valence-corrected chi connectivity index (χ0v) is 10.2. The normalized spacial score (nSPS) is 30.4. The van der Waals surface area contributed by atoms with E-state index in [1.165, 1.54) is 6.42 Å². The highest BCUT2D eigenvalue weighted by atomic mass is 19.4. The number of nitrogens with one attached hydrogen (secondary N) is 2. The van der Waals surface area contributed by atoms with E-state index in [4.69, 9.17) is 0 Å². The molecule has 0 unspecified atom stereocenters. The Morgan fingerprint density at radius 1 is 1.21 bits per heavy atom. The Morgan fingerprint density at radius 3 is 2.53 bits per heavy atom. The van der Waals surface area contributed by atoms with Crippen LogP contribution in [0, 0.1) is 5.92 Å². The van der Waals surface area contributed by atoms with Crippen molar-refractivity contribution in [2.24, 2.45) is 5.92 Å². The van der Waals surface area contributed by atoms with Gasteiger partial charge in [-0.1, -0.05) is 0 Å². The average Bonchev–Trinajstić information content (AvgIpc) is 2.40. The molecular weight excluding hydrogens is 257 g/mol. The molecule has 3 heterocycles. The summed E-state index contributed by atoms with van der Waals surface area (Å²) in [6.07, 6.45) is 0.879. The van der Waals surface area contributed by atoms with E-state index in [0.717, 1.165) is 31.8 Å². The monoisotopic (exact) mass is 272 g/mol. The molecule has 1 aliphatic carbocycles. The highest BCUT2D eigenvalue weighted by Crippen LogP contribution is 2.31. The number of nitrogens with zero attached hydrogens (tertiary/aromatic N) is 2. The molecule has 2 aliphatic heterocycles. The second kappa shape index (κ2) is 4.63. The fraction of sp³-hybridized carbons (Fsp3) is 0.667. The van der Waals surface area contributed by atoms with Gasteiger partial charge in [0.05, 0.1) is 12.4 Å². The van der Waals surface area contributed by atoms with E-state index >= 15 is 0 Å². The minimum atomic E-state index is -4.43. The van der Waals surface area contributed by atoms with Crippen molar-refractivity contribution in [2.45, 2.75) is 37.5 Å². The third kappa shape index (κ3) is 2.65. The van der Waals surface area contributed by atoms with Gasteiger partial charge >= 0.3 is 6.18 Å². The molecule has 1 aromatic rings. The lowest BCUT2D eigenvalue weighted by molar-refractivity contribution is -0.141. The maximum Gasteiger partial charge on any atom is 0.434 e. The quantitative estimate of drug-likeness (QED) is 0.865. The summed E-state index contributed by atoms with van der Waals surface area (Å²) >= 11 is 0. The topological polar surface area (TPSA) is 49.8 Å². The van der Waals surface area contributed by atoms with Crippen LogP contribution in [0.3, 0.4) is 0 Å². The summed E-state index contributed by atoms with van der Waals surface area (Å²) < 4.78 is 37.1. The minimum absolute atomic E-state index is 0.235. The Kier molecular flexibility index (Phi) is 3.08. The molecular formula is C12H15F3N4. The SMILES string of the molecule is FC(F)(F)c1cnc(N[C@H]2C[C@H]3CC[C@@H]2NC3)cn1. The maximum absolute atomic E-state index is 12.4. The fourth-order valence-electron chi connectivity index (χ4n) is 2.90. The van der Waals surface area contributed by atoms with E-state index in [-0.39, 0.29) is 6.04 Å². The van der Waals surface area contributed by atoms with Crippen LogP contribution in [-0.4, -0.2) is 28.6 Å². The van der Waals surface area contributed by atoms with Crippen LogP contribution in [0.5, 0.6) is 0 Å². The van der Waals surface area contributed by atoms with Crippen molar-refractivity contribution in [3.63, 3.8) is 0 Å². The van der Waals surface area contributed by atoms with Gasteiger partial charge in [-0.25, -0.2) is 9.97 Å². The molecule has 1 aromatic heterocycles. The molecule has 2 bridgehead atoms. The number of fused-ring (bicyclic) bond motifs is 3. The summed E-state index contributed by atoms with van der Waals surface area (Å²) in [5, 5.41) is 6.62. The van der Waals surface area contributed by atoms with Crippen LogP contribution in [0.4, 0.5) is 19.0 Å². The van der Waals surface area contributed by atoms with E-state index in [2.05, 4.69) is 20.6 Å². The van der Waals surface area contributed by atoms with Crippen LogP contribution < -0.4 is 10.6 Å². The Hall–Kier alpha value is -1.37. The summed E-state index contributed by atoms with van der Waals surface area (Å²) in [5.41, 5.74) is -0.957. The molecule has 0 amide bonds. The Morgan fingerprint density at radius 2 is 2.05 bits per heavy atom. The number of piperidine rings is 2. The molecule has 7 heteroatoms. The van der Waals surface area contributed by atoms with Crippen molar-refractivity contribution in [2.75, 3.05) is 11.9 Å². The van der Waals surface area contributed by atoms with Crippen LogP contribution in [0.1, 0.15) is 25.0 Å². The number of anilines is 1. The van der Waals surface area contributed by atoms with Gasteiger partial charge in [-0.2, -0.15) is 13.2 Å². The molecule has 2 saturated heterocycles. The number of hydrogen-bond acceptors (Lipinski definition) is 4. The number of alkyl halides is 3. The van der Waals surface area contributed by atoms with Gasteiger partial charge in [-0.05, 0) is 31.7 Å². The van der Waals surface area contributed by atoms with Crippen molar-refractivity contribution in [3.8, 4) is 0 Å². The van der Waals surface area contributed by atoms with Gasteiger partial charge in [-0.3, -0.25) is 0 Å². The van der Waals surface area contributed by atoms with Gasteiger partial charge in [0, 0.05) is 12.1 Å². The summed E-state index contributed by atoms with van der Waals surface area (Å²) in [5.74, 6) is 1.07. The first-order valence-corrected chi connectivity index (χ1v) is 6.41. The largest absolute Gasteiger partial charge is 0.434 e.